The van der Waals surface area contributed by atoms with Gasteiger partial charge in [-0.3, -0.25) is 4.90 Å². The van der Waals surface area contributed by atoms with E-state index in [0.717, 1.165) is 34.3 Å². The van der Waals surface area contributed by atoms with Gasteiger partial charge in [-0.1, -0.05) is 72.8 Å². The second-order valence-electron chi connectivity index (χ2n) is 9.00. The predicted molar refractivity (Wildman–Crippen MR) is 148 cm³/mol. The van der Waals surface area contributed by atoms with Crippen LogP contribution in [0.5, 0.6) is 0 Å². The molecule has 0 bridgehead atoms. The topological polar surface area (TPSA) is 50.5 Å². The Morgan fingerprint density at radius 2 is 1.33 bits per heavy atom. The molecule has 1 aromatic heterocycles. The molecule has 8 heteroatoms. The van der Waals surface area contributed by atoms with Crippen molar-refractivity contribution in [2.75, 3.05) is 26.2 Å². The number of fused-ring (bicyclic) bond motifs is 1. The first-order valence-electron chi connectivity index (χ1n) is 12.2. The van der Waals surface area contributed by atoms with E-state index in [1.54, 1.807) is 10.4 Å². The van der Waals surface area contributed by atoms with Gasteiger partial charge in [-0.25, -0.2) is 8.42 Å². The van der Waals surface area contributed by atoms with Crippen molar-refractivity contribution in [3.63, 3.8) is 0 Å². The normalized spacial score (nSPS) is 15.7. The fraction of sp³-hybridized carbons (Fsp3) is 0.250. The average molecular weight is 519 g/mol. The zero-order valence-electron chi connectivity index (χ0n) is 20.1. The van der Waals surface area contributed by atoms with Gasteiger partial charge in [0.2, 0.25) is 10.0 Å². The molecule has 0 saturated carbocycles. The molecule has 1 aliphatic heterocycles. The molecule has 0 atom stereocenters. The minimum absolute atomic E-state index is 0.460. The van der Waals surface area contributed by atoms with Crippen LogP contribution in [-0.4, -0.2) is 52.9 Å². The van der Waals surface area contributed by atoms with Crippen molar-refractivity contribution < 1.29 is 8.42 Å². The Morgan fingerprint density at radius 1 is 0.750 bits per heavy atom. The molecule has 3 aromatic carbocycles. The fourth-order valence-corrected chi connectivity index (χ4v) is 6.17. The zero-order chi connectivity index (χ0) is 25.0. The Morgan fingerprint density at radius 3 is 2.00 bits per heavy atom. The lowest BCUT2D eigenvalue weighted by atomic mass is 10.1. The molecule has 2 heterocycles. The maximum atomic E-state index is 12.8. The van der Waals surface area contributed by atoms with E-state index in [0.29, 0.717) is 32.8 Å². The van der Waals surface area contributed by atoms with E-state index in [9.17, 15) is 8.42 Å². The Labute approximate surface area is 217 Å². The van der Waals surface area contributed by atoms with Gasteiger partial charge in [-0.05, 0) is 48.0 Å². The van der Waals surface area contributed by atoms with Crippen LogP contribution < -0.4 is 0 Å². The third-order valence-corrected chi connectivity index (χ3v) is 8.66. The van der Waals surface area contributed by atoms with Gasteiger partial charge in [0.25, 0.3) is 0 Å². The smallest absolute Gasteiger partial charge is 0.236 e. The Bertz CT molecular complexity index is 1500. The quantitative estimate of drug-likeness (QED) is 0.309. The summed E-state index contributed by atoms with van der Waals surface area (Å²) in [7, 11) is -3.46. The number of imidazole rings is 1. The first-order valence-corrected chi connectivity index (χ1v) is 14.1. The van der Waals surface area contributed by atoms with E-state index in [-0.39, 0.29) is 0 Å². The number of hydrogen-bond donors (Lipinski definition) is 0. The van der Waals surface area contributed by atoms with Gasteiger partial charge in [0, 0.05) is 38.1 Å². The molecule has 6 nitrogen and oxygen atoms in total. The van der Waals surface area contributed by atoms with E-state index in [2.05, 4.69) is 50.4 Å². The molecule has 4 aromatic rings. The van der Waals surface area contributed by atoms with Crippen molar-refractivity contribution in [3.05, 3.63) is 106 Å². The molecule has 0 aliphatic carbocycles. The summed E-state index contributed by atoms with van der Waals surface area (Å²) in [5.41, 5.74) is 4.40. The number of nitrogens with zero attached hydrogens (tertiary/aromatic N) is 4. The standard InChI is InChI=1S/C28H30N4O2S2/c33-36(34,22-16-25-11-5-2-6-12-25)30-20-18-29(19-21-30)23-32-27-14-8-7-13-26(27)31(28(32)35)17-15-24-9-3-1-4-10-24/h1-14,16,22H,15,17-21,23H2. The summed E-state index contributed by atoms with van der Waals surface area (Å²) >= 11 is 5.92. The monoisotopic (exact) mass is 518 g/mol. The van der Waals surface area contributed by atoms with Gasteiger partial charge in [0.1, 0.15) is 0 Å². The van der Waals surface area contributed by atoms with Crippen LogP contribution in [0.4, 0.5) is 0 Å². The summed E-state index contributed by atoms with van der Waals surface area (Å²) in [6, 6.07) is 28.3. The van der Waals surface area contributed by atoms with Crippen LogP contribution in [0.1, 0.15) is 11.1 Å². The van der Waals surface area contributed by atoms with Crippen LogP contribution in [0.15, 0.2) is 90.3 Å². The van der Waals surface area contributed by atoms with Crippen molar-refractivity contribution in [2.24, 2.45) is 0 Å². The molecular formula is C28H30N4O2S2. The molecule has 0 N–H and O–H groups in total. The molecular weight excluding hydrogens is 488 g/mol. The largest absolute Gasteiger partial charge is 0.316 e. The average Bonchev–Trinajstić information content (AvgIpc) is 3.18. The van der Waals surface area contributed by atoms with Crippen molar-refractivity contribution in [2.45, 2.75) is 19.6 Å². The maximum absolute atomic E-state index is 12.8. The lowest BCUT2D eigenvalue weighted by Crippen LogP contribution is -2.48. The predicted octanol–water partition coefficient (Wildman–Crippen LogP) is 4.99. The fourth-order valence-electron chi connectivity index (χ4n) is 4.65. The molecule has 186 valence electrons. The molecule has 36 heavy (non-hydrogen) atoms. The molecule has 5 rings (SSSR count). The molecule has 0 spiro atoms. The highest BCUT2D eigenvalue weighted by molar-refractivity contribution is 7.92. The molecule has 1 saturated heterocycles. The number of rotatable bonds is 8. The highest BCUT2D eigenvalue weighted by Crippen LogP contribution is 2.20. The molecule has 1 aliphatic rings. The van der Waals surface area contributed by atoms with Gasteiger partial charge in [-0.15, -0.1) is 0 Å². The van der Waals surface area contributed by atoms with E-state index < -0.39 is 10.0 Å². The third kappa shape index (κ3) is 5.52. The number of aromatic nitrogens is 2. The minimum atomic E-state index is -3.46. The van der Waals surface area contributed by atoms with Crippen LogP contribution in [0, 0.1) is 4.77 Å². The third-order valence-electron chi connectivity index (χ3n) is 6.66. The lowest BCUT2D eigenvalue weighted by molar-refractivity contribution is 0.154. The first-order chi connectivity index (χ1) is 17.5. The number of hydrogen-bond acceptors (Lipinski definition) is 4. The summed E-state index contributed by atoms with van der Waals surface area (Å²) in [6.07, 6.45) is 2.57. The lowest BCUT2D eigenvalue weighted by Gasteiger charge is -2.33. The van der Waals surface area contributed by atoms with E-state index in [4.69, 9.17) is 12.2 Å². The van der Waals surface area contributed by atoms with Gasteiger partial charge in [-0.2, -0.15) is 4.31 Å². The van der Waals surface area contributed by atoms with Crippen LogP contribution in [0.25, 0.3) is 17.1 Å². The Kier molecular flexibility index (Phi) is 7.48. The number of sulfonamides is 1. The number of benzene rings is 3. The van der Waals surface area contributed by atoms with Gasteiger partial charge < -0.3 is 9.13 Å². The Balaban J connectivity index is 1.27. The molecule has 0 unspecified atom stereocenters. The van der Waals surface area contributed by atoms with Gasteiger partial charge in [0.05, 0.1) is 17.7 Å². The Hall–Kier alpha value is -3.04. The first kappa shape index (κ1) is 24.6. The van der Waals surface area contributed by atoms with Crippen molar-refractivity contribution in [3.8, 4) is 0 Å². The van der Waals surface area contributed by atoms with E-state index in [1.165, 1.54) is 11.0 Å². The molecule has 1 fully saturated rings. The van der Waals surface area contributed by atoms with Gasteiger partial charge >= 0.3 is 0 Å². The van der Waals surface area contributed by atoms with Crippen LogP contribution in [0.3, 0.4) is 0 Å². The maximum Gasteiger partial charge on any atom is 0.236 e. The minimum Gasteiger partial charge on any atom is -0.316 e. The molecule has 0 radical (unpaired) electrons. The highest BCUT2D eigenvalue weighted by atomic mass is 32.2. The van der Waals surface area contributed by atoms with Crippen molar-refractivity contribution in [1.82, 2.24) is 18.3 Å². The zero-order valence-corrected chi connectivity index (χ0v) is 21.7. The summed E-state index contributed by atoms with van der Waals surface area (Å²) in [4.78, 5) is 2.27. The SMILES string of the molecule is O=S(=O)(C=Cc1ccccc1)N1CCN(Cn2c(=S)n(CCc3ccccc3)c3ccccc32)CC1. The highest BCUT2D eigenvalue weighted by Gasteiger charge is 2.25. The van der Waals surface area contributed by atoms with Crippen LogP contribution in [0.2, 0.25) is 0 Å². The van der Waals surface area contributed by atoms with E-state index >= 15 is 0 Å². The van der Waals surface area contributed by atoms with Gasteiger partial charge in [0.15, 0.2) is 4.77 Å². The summed E-state index contributed by atoms with van der Waals surface area (Å²) in [6.45, 7) is 3.69. The van der Waals surface area contributed by atoms with Crippen LogP contribution >= 0.6 is 12.2 Å². The van der Waals surface area contributed by atoms with Crippen molar-refractivity contribution in [1.29, 1.82) is 0 Å². The summed E-state index contributed by atoms with van der Waals surface area (Å²) < 4.78 is 32.4. The summed E-state index contributed by atoms with van der Waals surface area (Å²) in [5, 5.41) is 1.31. The molecule has 0 amide bonds. The number of aryl methyl sites for hydroxylation is 2. The van der Waals surface area contributed by atoms with Crippen molar-refractivity contribution >= 4 is 39.4 Å². The van der Waals surface area contributed by atoms with Crippen LogP contribution in [-0.2, 0) is 29.7 Å². The second kappa shape index (κ2) is 10.9. The second-order valence-corrected chi connectivity index (χ2v) is 11.2. The van der Waals surface area contributed by atoms with E-state index in [1.807, 2.05) is 48.5 Å². The number of para-hydroxylation sites is 2. The number of piperazine rings is 1. The summed E-state index contributed by atoms with van der Waals surface area (Å²) in [5.74, 6) is 0.